The van der Waals surface area contributed by atoms with Crippen molar-refractivity contribution < 1.29 is 0 Å². The molecule has 0 aliphatic carbocycles. The number of hydrogen-bond acceptors (Lipinski definition) is 2. The average Bonchev–Trinajstić information content (AvgIpc) is 3.52. The quantitative estimate of drug-likeness (QED) is 0.255. The summed E-state index contributed by atoms with van der Waals surface area (Å²) in [7, 11) is 0. The fourth-order valence-electron chi connectivity index (χ4n) is 3.29. The number of nitrogens with zero attached hydrogens (tertiary/aromatic N) is 2. The van der Waals surface area contributed by atoms with Gasteiger partial charge in [0.25, 0.3) is 0 Å². The Morgan fingerprint density at radius 1 is 0.700 bits per heavy atom. The van der Waals surface area contributed by atoms with Crippen LogP contribution in [-0.4, -0.2) is 19.9 Å². The van der Waals surface area contributed by atoms with Crippen LogP contribution in [0.2, 0.25) is 0 Å². The maximum Gasteiger partial charge on any atom is 0.0658 e. The number of hydrogen-bond donors (Lipinski definition) is 2. The monoisotopic (exact) mass is 394 g/mol. The van der Waals surface area contributed by atoms with Crippen molar-refractivity contribution in [2.45, 2.75) is 26.2 Å². The first-order valence-corrected chi connectivity index (χ1v) is 10.4. The molecule has 0 radical (unpaired) electrons. The van der Waals surface area contributed by atoms with E-state index in [2.05, 4.69) is 57.7 Å². The Kier molecular flexibility index (Phi) is 6.04. The first kappa shape index (κ1) is 19.6. The van der Waals surface area contributed by atoms with Crippen LogP contribution in [0, 0.1) is 0 Å². The summed E-state index contributed by atoms with van der Waals surface area (Å²) in [6, 6.07) is 16.4. The van der Waals surface area contributed by atoms with Crippen LogP contribution in [0.25, 0.3) is 46.4 Å². The van der Waals surface area contributed by atoms with E-state index < -0.39 is 0 Å². The number of H-pyrrole nitrogens is 2. The second kappa shape index (κ2) is 9.23. The zero-order valence-electron chi connectivity index (χ0n) is 17.2. The molecule has 0 aromatic carbocycles. The Hall–Kier alpha value is -3.66. The Bertz CT molecular complexity index is 1080. The Morgan fingerprint density at radius 3 is 1.33 bits per heavy atom. The molecule has 0 atom stereocenters. The lowest BCUT2D eigenvalue weighted by molar-refractivity contribution is 0.816. The summed E-state index contributed by atoms with van der Waals surface area (Å²) < 4.78 is 0. The second-order valence-electron chi connectivity index (χ2n) is 7.34. The van der Waals surface area contributed by atoms with E-state index in [1.54, 1.807) is 0 Å². The van der Waals surface area contributed by atoms with Crippen LogP contribution in [0.1, 0.15) is 49.0 Å². The van der Waals surface area contributed by atoms with Crippen molar-refractivity contribution in [2.75, 3.05) is 0 Å². The highest BCUT2D eigenvalue weighted by Crippen LogP contribution is 2.16. The van der Waals surface area contributed by atoms with Crippen molar-refractivity contribution in [2.24, 2.45) is 0 Å². The summed E-state index contributed by atoms with van der Waals surface area (Å²) in [5.74, 6) is 0. The van der Waals surface area contributed by atoms with Crippen LogP contribution in [0.5, 0.6) is 0 Å². The van der Waals surface area contributed by atoms with Gasteiger partial charge in [0.1, 0.15) is 0 Å². The Labute approximate surface area is 176 Å². The van der Waals surface area contributed by atoms with E-state index in [-0.39, 0.29) is 0 Å². The fourth-order valence-corrected chi connectivity index (χ4v) is 3.29. The average molecular weight is 395 g/mol. The minimum atomic E-state index is 0.939. The molecule has 4 nitrogen and oxygen atoms in total. The molecule has 150 valence electrons. The van der Waals surface area contributed by atoms with Gasteiger partial charge in [-0.25, -0.2) is 9.97 Å². The first-order valence-electron chi connectivity index (χ1n) is 10.4. The molecule has 0 saturated carbocycles. The van der Waals surface area contributed by atoms with Gasteiger partial charge in [0, 0.05) is 22.1 Å². The summed E-state index contributed by atoms with van der Waals surface area (Å²) in [5, 5.41) is 0. The van der Waals surface area contributed by atoms with Gasteiger partial charge in [0.05, 0.1) is 22.8 Å². The highest BCUT2D eigenvalue weighted by molar-refractivity contribution is 5.77. The van der Waals surface area contributed by atoms with Crippen molar-refractivity contribution >= 4 is 46.4 Å². The van der Waals surface area contributed by atoms with Crippen molar-refractivity contribution in [3.63, 3.8) is 0 Å². The first-order chi connectivity index (χ1) is 14.7. The van der Waals surface area contributed by atoms with Gasteiger partial charge in [-0.3, -0.25) is 0 Å². The van der Waals surface area contributed by atoms with E-state index in [4.69, 9.17) is 0 Å². The number of aromatic amines is 2. The predicted molar refractivity (Wildman–Crippen MR) is 129 cm³/mol. The topological polar surface area (TPSA) is 57.4 Å². The van der Waals surface area contributed by atoms with E-state index in [0.29, 0.717) is 0 Å². The summed E-state index contributed by atoms with van der Waals surface area (Å²) in [6.07, 6.45) is 13.8. The molecule has 4 heteroatoms. The van der Waals surface area contributed by atoms with Crippen LogP contribution in [0.3, 0.4) is 0 Å². The lowest BCUT2D eigenvalue weighted by atomic mass is 10.3. The SMILES string of the molecule is C1=Cc2cc3ccc(cc4nc(cc5ccc(cc1n2)[nH]5)C=C4)[nH]3.C=CCCCC. The van der Waals surface area contributed by atoms with Crippen LogP contribution >= 0.6 is 0 Å². The Morgan fingerprint density at radius 2 is 1.07 bits per heavy atom. The molecule has 3 aromatic heterocycles. The maximum atomic E-state index is 4.63. The zero-order chi connectivity index (χ0) is 20.8. The maximum absolute atomic E-state index is 4.63. The standard InChI is InChI=1S/C20H14N4.C6H12/c1-2-14-10-16-5-6-18(23-16)12-20-8-7-19(24-20)11-17-4-3-15(22-17)9-13(1)21-14;1-3-5-6-4-2/h1-12,21,24H;3H,1,4-6H2,2H3. The molecule has 0 spiro atoms. The summed E-state index contributed by atoms with van der Waals surface area (Å²) >= 11 is 0. The van der Waals surface area contributed by atoms with Crippen molar-refractivity contribution in [3.8, 4) is 0 Å². The number of allylic oxidation sites excluding steroid dienone is 1. The van der Waals surface area contributed by atoms with Crippen molar-refractivity contribution in [1.29, 1.82) is 0 Å². The molecule has 0 saturated heterocycles. The second-order valence-corrected chi connectivity index (χ2v) is 7.34. The molecule has 30 heavy (non-hydrogen) atoms. The van der Waals surface area contributed by atoms with Gasteiger partial charge in [-0.15, -0.1) is 6.58 Å². The van der Waals surface area contributed by atoms with Crippen LogP contribution in [-0.2, 0) is 0 Å². The molecule has 0 unspecified atom stereocenters. The van der Waals surface area contributed by atoms with E-state index in [0.717, 1.165) is 44.8 Å². The summed E-state index contributed by atoms with van der Waals surface area (Å²) in [6.45, 7) is 5.78. The van der Waals surface area contributed by atoms with Crippen molar-refractivity contribution in [1.82, 2.24) is 19.9 Å². The molecule has 5 heterocycles. The summed E-state index contributed by atoms with van der Waals surface area (Å²) in [5.41, 5.74) is 7.86. The normalized spacial score (nSPS) is 11.8. The van der Waals surface area contributed by atoms with E-state index >= 15 is 0 Å². The van der Waals surface area contributed by atoms with Crippen LogP contribution in [0.4, 0.5) is 0 Å². The van der Waals surface area contributed by atoms with Gasteiger partial charge in [-0.1, -0.05) is 25.8 Å². The number of unbranched alkanes of at least 4 members (excludes halogenated alkanes) is 2. The third-order valence-electron chi connectivity index (χ3n) is 4.80. The molecule has 5 rings (SSSR count). The van der Waals surface area contributed by atoms with Gasteiger partial charge >= 0.3 is 0 Å². The van der Waals surface area contributed by atoms with E-state index in [9.17, 15) is 0 Å². The zero-order valence-corrected chi connectivity index (χ0v) is 17.2. The summed E-state index contributed by atoms with van der Waals surface area (Å²) in [4.78, 5) is 16.0. The van der Waals surface area contributed by atoms with E-state index in [1.165, 1.54) is 19.3 Å². The minimum Gasteiger partial charge on any atom is -0.355 e. The predicted octanol–water partition coefficient (Wildman–Crippen LogP) is 7.02. The van der Waals surface area contributed by atoms with Crippen molar-refractivity contribution in [3.05, 3.63) is 84.0 Å². The van der Waals surface area contributed by atoms with Crippen LogP contribution in [0.15, 0.2) is 61.2 Å². The molecule has 2 N–H and O–H groups in total. The molecular formula is C26H26N4. The number of rotatable bonds is 3. The largest absolute Gasteiger partial charge is 0.355 e. The molecule has 2 aliphatic rings. The Balaban J connectivity index is 0.000000322. The third kappa shape index (κ3) is 5.03. The van der Waals surface area contributed by atoms with Crippen LogP contribution < -0.4 is 0 Å². The highest BCUT2D eigenvalue weighted by Gasteiger charge is 2.01. The number of nitrogens with one attached hydrogen (secondary N) is 2. The molecular weight excluding hydrogens is 368 g/mol. The number of aromatic nitrogens is 4. The lowest BCUT2D eigenvalue weighted by Crippen LogP contribution is -1.75. The molecule has 8 bridgehead atoms. The molecule has 0 amide bonds. The van der Waals surface area contributed by atoms with E-state index in [1.807, 2.05) is 54.6 Å². The number of fused-ring (bicyclic) bond motifs is 8. The molecule has 0 fully saturated rings. The van der Waals surface area contributed by atoms with Gasteiger partial charge in [0.2, 0.25) is 0 Å². The lowest BCUT2D eigenvalue weighted by Gasteiger charge is -1.85. The highest BCUT2D eigenvalue weighted by atomic mass is 14.8. The van der Waals surface area contributed by atoms with Gasteiger partial charge in [-0.05, 0) is 79.3 Å². The smallest absolute Gasteiger partial charge is 0.0658 e. The molecule has 2 aliphatic heterocycles. The van der Waals surface area contributed by atoms with Gasteiger partial charge < -0.3 is 9.97 Å². The minimum absolute atomic E-state index is 0.939. The fraction of sp³-hybridized carbons (Fsp3) is 0.154. The van der Waals surface area contributed by atoms with Gasteiger partial charge in [0.15, 0.2) is 0 Å². The van der Waals surface area contributed by atoms with Gasteiger partial charge in [-0.2, -0.15) is 0 Å². The molecule has 3 aromatic rings. The third-order valence-corrected chi connectivity index (χ3v) is 4.80.